The lowest BCUT2D eigenvalue weighted by Gasteiger charge is -2.30. The van der Waals surface area contributed by atoms with Gasteiger partial charge in [0.25, 0.3) is 0 Å². The molecule has 3 aromatic rings. The first kappa shape index (κ1) is 25.2. The Balaban J connectivity index is 1.82. The van der Waals surface area contributed by atoms with Crippen LogP contribution in [0.4, 0.5) is 0 Å². The molecule has 0 spiro atoms. The van der Waals surface area contributed by atoms with Crippen LogP contribution in [0.2, 0.25) is 0 Å². The number of aromatic nitrogens is 1. The van der Waals surface area contributed by atoms with Crippen molar-refractivity contribution >= 4 is 0 Å². The van der Waals surface area contributed by atoms with Crippen LogP contribution in [-0.2, 0) is 27.1 Å². The van der Waals surface area contributed by atoms with E-state index in [9.17, 15) is 0 Å². The number of rotatable bonds is 2. The minimum absolute atomic E-state index is 0.0988. The number of fused-ring (bicyclic) bond motifs is 2. The largest absolute Gasteiger partial charge is 0.256 e. The normalized spacial score (nSPS) is 20.8. The van der Waals surface area contributed by atoms with Gasteiger partial charge in [-0.1, -0.05) is 100 Å². The van der Waals surface area contributed by atoms with Gasteiger partial charge in [0, 0.05) is 11.8 Å². The highest BCUT2D eigenvalue weighted by Gasteiger charge is 2.50. The molecule has 0 saturated carbocycles. The van der Waals surface area contributed by atoms with E-state index < -0.39 is 0 Å². The van der Waals surface area contributed by atoms with E-state index in [4.69, 9.17) is 4.98 Å². The third kappa shape index (κ3) is 3.85. The van der Waals surface area contributed by atoms with Gasteiger partial charge in [-0.25, -0.2) is 0 Å². The first-order valence-electron chi connectivity index (χ1n) is 13.7. The van der Waals surface area contributed by atoms with Gasteiger partial charge in [-0.3, -0.25) is 4.98 Å². The number of nitrogens with zero attached hydrogens (tertiary/aromatic N) is 1. The summed E-state index contributed by atoms with van der Waals surface area (Å²) >= 11 is 0. The molecule has 0 amide bonds. The third-order valence-electron chi connectivity index (χ3n) is 8.98. The van der Waals surface area contributed by atoms with Crippen LogP contribution in [0.3, 0.4) is 0 Å². The molecule has 2 aliphatic carbocycles. The molecular formula is C35H45N. The van der Waals surface area contributed by atoms with Crippen molar-refractivity contribution in [2.75, 3.05) is 0 Å². The highest BCUT2D eigenvalue weighted by molar-refractivity contribution is 5.82. The molecule has 0 radical (unpaired) electrons. The molecule has 0 atom stereocenters. The Bertz CT molecular complexity index is 1310. The van der Waals surface area contributed by atoms with Crippen LogP contribution >= 0.6 is 0 Å². The van der Waals surface area contributed by atoms with Crippen LogP contribution in [0.15, 0.2) is 48.7 Å². The Hall–Kier alpha value is -2.41. The van der Waals surface area contributed by atoms with Crippen LogP contribution in [0.5, 0.6) is 0 Å². The van der Waals surface area contributed by atoms with Gasteiger partial charge < -0.3 is 0 Å². The quantitative estimate of drug-likeness (QED) is 0.356. The van der Waals surface area contributed by atoms with Gasteiger partial charge >= 0.3 is 0 Å². The Morgan fingerprint density at radius 2 is 1.17 bits per heavy atom. The molecule has 0 aliphatic heterocycles. The molecule has 2 aromatic carbocycles. The smallest absolute Gasteiger partial charge is 0.0705 e. The molecule has 5 rings (SSSR count). The van der Waals surface area contributed by atoms with Crippen molar-refractivity contribution in [3.05, 3.63) is 76.5 Å². The van der Waals surface area contributed by atoms with E-state index >= 15 is 0 Å². The molecule has 0 N–H and O–H groups in total. The fourth-order valence-electron chi connectivity index (χ4n) is 7.91. The van der Waals surface area contributed by atoms with Crippen molar-refractivity contribution in [2.24, 2.45) is 0 Å². The highest BCUT2D eigenvalue weighted by atomic mass is 14.7. The summed E-state index contributed by atoms with van der Waals surface area (Å²) in [5.74, 6) is 0. The van der Waals surface area contributed by atoms with Gasteiger partial charge in [-0.2, -0.15) is 0 Å². The van der Waals surface area contributed by atoms with E-state index in [1.807, 2.05) is 6.20 Å². The zero-order chi connectivity index (χ0) is 26.5. The zero-order valence-corrected chi connectivity index (χ0v) is 24.5. The average molecular weight is 480 g/mol. The summed E-state index contributed by atoms with van der Waals surface area (Å²) in [4.78, 5) is 4.81. The summed E-state index contributed by atoms with van der Waals surface area (Å²) in [5.41, 5.74) is 13.4. The molecule has 0 saturated heterocycles. The van der Waals surface area contributed by atoms with E-state index in [-0.39, 0.29) is 27.1 Å². The van der Waals surface area contributed by atoms with Gasteiger partial charge in [0.2, 0.25) is 0 Å². The molecule has 0 bridgehead atoms. The van der Waals surface area contributed by atoms with Gasteiger partial charge in [0.15, 0.2) is 0 Å². The number of benzene rings is 2. The summed E-state index contributed by atoms with van der Waals surface area (Å²) in [7, 11) is 0. The summed E-state index contributed by atoms with van der Waals surface area (Å²) < 4.78 is 0. The predicted molar refractivity (Wildman–Crippen MR) is 155 cm³/mol. The first-order chi connectivity index (χ1) is 16.4. The van der Waals surface area contributed by atoms with Crippen molar-refractivity contribution in [3.8, 4) is 22.4 Å². The molecule has 0 unspecified atom stereocenters. The third-order valence-corrected chi connectivity index (χ3v) is 8.98. The monoisotopic (exact) mass is 479 g/mol. The van der Waals surface area contributed by atoms with Crippen LogP contribution in [0.25, 0.3) is 22.4 Å². The molecule has 1 heteroatoms. The first-order valence-corrected chi connectivity index (χ1v) is 13.7. The fraction of sp³-hybridized carbons (Fsp3) is 0.514. The lowest BCUT2D eigenvalue weighted by molar-refractivity contribution is 0.396. The van der Waals surface area contributed by atoms with Crippen LogP contribution in [-0.4, -0.2) is 4.98 Å². The van der Waals surface area contributed by atoms with Crippen molar-refractivity contribution in [3.63, 3.8) is 0 Å². The topological polar surface area (TPSA) is 12.9 Å². The van der Waals surface area contributed by atoms with Crippen LogP contribution in [0.1, 0.15) is 117 Å². The number of hydrogen-bond acceptors (Lipinski definition) is 1. The maximum Gasteiger partial charge on any atom is 0.0705 e. The molecule has 190 valence electrons. The molecule has 36 heavy (non-hydrogen) atoms. The standard InChI is InChI=1S/C35H45N/c1-31(2,3)24-15-16-36-27(18-24)22-13-12-14-23(17-22)28-29-25(32(4,5)20-34(29,8)9)19-26-30(28)35(10,11)21-33(26,6)7/h12-19H,20-21H2,1-11H3. The molecule has 1 heterocycles. The fourth-order valence-corrected chi connectivity index (χ4v) is 7.91. The Morgan fingerprint density at radius 1 is 0.639 bits per heavy atom. The number of hydrogen-bond donors (Lipinski definition) is 0. The SMILES string of the molecule is CC(C)(C)c1ccnc(-c2cccc(-c3c4c(cc5c3C(C)(C)CC5(C)C)C(C)(C)CC4(C)C)c2)c1. The Kier molecular flexibility index (Phi) is 5.30. The summed E-state index contributed by atoms with van der Waals surface area (Å²) in [6.07, 6.45) is 4.33. The van der Waals surface area contributed by atoms with E-state index in [0.29, 0.717) is 0 Å². The minimum Gasteiger partial charge on any atom is -0.256 e. The van der Waals surface area contributed by atoms with Gasteiger partial charge in [-0.05, 0) is 97.1 Å². The molecule has 1 nitrogen and oxygen atoms in total. The van der Waals surface area contributed by atoms with Crippen molar-refractivity contribution in [1.29, 1.82) is 0 Å². The maximum absolute atomic E-state index is 4.81. The summed E-state index contributed by atoms with van der Waals surface area (Å²) in [6, 6.07) is 16.3. The molecule has 2 aliphatic rings. The Morgan fingerprint density at radius 3 is 1.69 bits per heavy atom. The minimum atomic E-state index is 0.0988. The van der Waals surface area contributed by atoms with Crippen molar-refractivity contribution < 1.29 is 0 Å². The van der Waals surface area contributed by atoms with Gasteiger partial charge in [0.1, 0.15) is 0 Å². The molecular weight excluding hydrogens is 434 g/mol. The lowest BCUT2D eigenvalue weighted by atomic mass is 9.74. The highest BCUT2D eigenvalue weighted by Crippen LogP contribution is 2.60. The van der Waals surface area contributed by atoms with Crippen molar-refractivity contribution in [1.82, 2.24) is 4.98 Å². The van der Waals surface area contributed by atoms with E-state index in [0.717, 1.165) is 5.69 Å². The maximum atomic E-state index is 4.81. The van der Waals surface area contributed by atoms with Crippen LogP contribution in [0, 0.1) is 0 Å². The lowest BCUT2D eigenvalue weighted by Crippen LogP contribution is -2.20. The second-order valence-corrected chi connectivity index (χ2v) is 15.2. The summed E-state index contributed by atoms with van der Waals surface area (Å²) in [5, 5.41) is 0. The molecule has 0 fully saturated rings. The van der Waals surface area contributed by atoms with E-state index in [1.165, 1.54) is 35.1 Å². The second-order valence-electron chi connectivity index (χ2n) is 15.2. The zero-order valence-electron chi connectivity index (χ0n) is 24.5. The summed E-state index contributed by atoms with van der Waals surface area (Å²) in [6.45, 7) is 26.4. The Labute approximate surface area is 219 Å². The second kappa shape index (κ2) is 7.56. The average Bonchev–Trinajstić information content (AvgIpc) is 3.07. The van der Waals surface area contributed by atoms with Gasteiger partial charge in [0.05, 0.1) is 5.69 Å². The van der Waals surface area contributed by atoms with Gasteiger partial charge in [-0.15, -0.1) is 0 Å². The predicted octanol–water partition coefficient (Wildman–Crippen LogP) is 9.63. The van der Waals surface area contributed by atoms with E-state index in [1.54, 1.807) is 22.3 Å². The molecule has 1 aromatic heterocycles. The number of pyridine rings is 1. The van der Waals surface area contributed by atoms with Crippen molar-refractivity contribution in [2.45, 2.75) is 116 Å². The van der Waals surface area contributed by atoms with E-state index in [2.05, 4.69) is 119 Å². The van der Waals surface area contributed by atoms with Crippen LogP contribution < -0.4 is 0 Å².